The second kappa shape index (κ2) is 4.72. The van der Waals surface area contributed by atoms with E-state index in [0.717, 1.165) is 6.07 Å². The Morgan fingerprint density at radius 2 is 1.78 bits per heavy atom. The van der Waals surface area contributed by atoms with Crippen LogP contribution < -0.4 is 16.3 Å². The molecule has 11 heteroatoms. The van der Waals surface area contributed by atoms with Gasteiger partial charge in [-0.05, 0) is 6.07 Å². The van der Waals surface area contributed by atoms with E-state index >= 15 is 0 Å². The zero-order valence-corrected chi connectivity index (χ0v) is 12.0. The molecule has 0 aliphatic heterocycles. The smallest absolute Gasteiger partial charge is 0.316 e. The summed E-state index contributed by atoms with van der Waals surface area (Å²) in [6.07, 6.45) is 0. The summed E-state index contributed by atoms with van der Waals surface area (Å²) in [7, 11) is -4.59. The van der Waals surface area contributed by atoms with Crippen LogP contribution in [0.25, 0.3) is 21.8 Å². The van der Waals surface area contributed by atoms with Crippen LogP contribution in [-0.4, -0.2) is 22.3 Å². The molecule has 0 saturated heterocycles. The van der Waals surface area contributed by atoms with Crippen LogP contribution in [0.4, 0.5) is 5.69 Å². The van der Waals surface area contributed by atoms with Crippen molar-refractivity contribution in [1.82, 2.24) is 8.96 Å². The standard InChI is InChI=1S/C12H8N4O6S/c13-23(21,22)15-10-7-4-2-1-3-6(7)9(16(19)20)5-8(10)14-11(17)12(15)18/h1-5H,(H,14,17)(H2,13,21,22). The Morgan fingerprint density at radius 3 is 2.35 bits per heavy atom. The Labute approximate surface area is 127 Å². The molecule has 0 unspecified atom stereocenters. The van der Waals surface area contributed by atoms with Crippen LogP contribution in [0.15, 0.2) is 39.9 Å². The predicted octanol–water partition coefficient (Wildman–Crippen LogP) is -0.197. The van der Waals surface area contributed by atoms with Gasteiger partial charge < -0.3 is 4.98 Å². The first-order chi connectivity index (χ1) is 10.7. The molecule has 0 aliphatic rings. The highest BCUT2D eigenvalue weighted by atomic mass is 32.2. The van der Waals surface area contributed by atoms with Gasteiger partial charge in [0.05, 0.1) is 21.3 Å². The van der Waals surface area contributed by atoms with E-state index in [2.05, 4.69) is 4.98 Å². The second-order valence-corrected chi connectivity index (χ2v) is 6.06. The van der Waals surface area contributed by atoms with Gasteiger partial charge in [0.15, 0.2) is 0 Å². The lowest BCUT2D eigenvalue weighted by molar-refractivity contribution is -0.382. The minimum atomic E-state index is -4.59. The summed E-state index contributed by atoms with van der Waals surface area (Å²) in [5.74, 6) is 0. The molecule has 0 amide bonds. The number of benzene rings is 2. The normalized spacial score (nSPS) is 11.9. The summed E-state index contributed by atoms with van der Waals surface area (Å²) in [4.78, 5) is 36.2. The highest BCUT2D eigenvalue weighted by Crippen LogP contribution is 2.31. The fourth-order valence-electron chi connectivity index (χ4n) is 2.42. The Kier molecular flexibility index (Phi) is 3.05. The Hall–Kier alpha value is -3.05. The van der Waals surface area contributed by atoms with E-state index in [1.165, 1.54) is 24.3 Å². The van der Waals surface area contributed by atoms with E-state index in [-0.39, 0.29) is 31.5 Å². The Balaban J connectivity index is 2.78. The molecular formula is C12H8N4O6S. The summed E-state index contributed by atoms with van der Waals surface area (Å²) in [5.41, 5.74) is -3.40. The fourth-order valence-corrected chi connectivity index (χ4v) is 3.18. The number of H-pyrrole nitrogens is 1. The van der Waals surface area contributed by atoms with Crippen molar-refractivity contribution in [3.8, 4) is 0 Å². The molecule has 0 bridgehead atoms. The molecule has 0 radical (unpaired) electrons. The van der Waals surface area contributed by atoms with Crippen LogP contribution in [0.3, 0.4) is 0 Å². The summed E-state index contributed by atoms with van der Waals surface area (Å²) in [5, 5.41) is 16.4. The highest BCUT2D eigenvalue weighted by molar-refractivity contribution is 7.87. The van der Waals surface area contributed by atoms with Gasteiger partial charge in [-0.25, -0.2) is 5.14 Å². The molecule has 118 valence electrons. The topological polar surface area (TPSA) is 158 Å². The summed E-state index contributed by atoms with van der Waals surface area (Å²) >= 11 is 0. The molecule has 0 saturated carbocycles. The van der Waals surface area contributed by atoms with Gasteiger partial charge in [-0.1, -0.05) is 18.2 Å². The first-order valence-electron chi connectivity index (χ1n) is 6.10. The van der Waals surface area contributed by atoms with E-state index in [1.54, 1.807) is 0 Å². The van der Waals surface area contributed by atoms with Crippen LogP contribution >= 0.6 is 0 Å². The van der Waals surface area contributed by atoms with Crippen molar-refractivity contribution < 1.29 is 13.3 Å². The number of aromatic nitrogens is 2. The summed E-state index contributed by atoms with van der Waals surface area (Å²) < 4.78 is 23.6. The average Bonchev–Trinajstić information content (AvgIpc) is 2.46. The first kappa shape index (κ1) is 14.9. The number of nitrogens with one attached hydrogen (secondary N) is 1. The van der Waals surface area contributed by atoms with Gasteiger partial charge in [0.25, 0.3) is 5.69 Å². The van der Waals surface area contributed by atoms with Gasteiger partial charge in [-0.15, -0.1) is 0 Å². The van der Waals surface area contributed by atoms with Crippen LogP contribution in [0.1, 0.15) is 0 Å². The average molecular weight is 336 g/mol. The monoisotopic (exact) mass is 336 g/mol. The number of hydrogen-bond acceptors (Lipinski definition) is 6. The molecule has 3 rings (SSSR count). The molecule has 1 aromatic heterocycles. The number of nitro benzene ring substituents is 1. The molecular weight excluding hydrogens is 328 g/mol. The second-order valence-electron chi connectivity index (χ2n) is 4.66. The molecule has 0 aliphatic carbocycles. The quantitative estimate of drug-likeness (QED) is 0.285. The van der Waals surface area contributed by atoms with E-state index in [4.69, 9.17) is 5.14 Å². The van der Waals surface area contributed by atoms with Gasteiger partial charge in [-0.3, -0.25) is 19.7 Å². The third kappa shape index (κ3) is 2.18. The number of aromatic amines is 1. The number of non-ortho nitro benzene ring substituents is 1. The first-order valence-corrected chi connectivity index (χ1v) is 7.60. The van der Waals surface area contributed by atoms with Crippen molar-refractivity contribution in [2.75, 3.05) is 0 Å². The van der Waals surface area contributed by atoms with Crippen molar-refractivity contribution in [1.29, 1.82) is 0 Å². The number of rotatable bonds is 2. The number of hydrogen-bond donors (Lipinski definition) is 2. The van der Waals surface area contributed by atoms with Gasteiger partial charge in [0, 0.05) is 11.5 Å². The lowest BCUT2D eigenvalue weighted by Crippen LogP contribution is -2.42. The maximum absolute atomic E-state index is 11.9. The maximum Gasteiger partial charge on any atom is 0.331 e. The third-order valence-corrected chi connectivity index (χ3v) is 4.13. The molecule has 3 N–H and O–H groups in total. The molecule has 3 aromatic rings. The van der Waals surface area contributed by atoms with Crippen molar-refractivity contribution in [2.45, 2.75) is 0 Å². The minimum absolute atomic E-state index is 0.0964. The summed E-state index contributed by atoms with van der Waals surface area (Å²) in [6.45, 7) is 0. The van der Waals surface area contributed by atoms with E-state index in [0.29, 0.717) is 0 Å². The SMILES string of the molecule is NS(=O)(=O)n1c(=O)c(=O)[nH]c2cc([N+](=O)[O-])c3ccccc3c21. The van der Waals surface area contributed by atoms with Gasteiger partial charge in [0.2, 0.25) is 0 Å². The fraction of sp³-hybridized carbons (Fsp3) is 0. The summed E-state index contributed by atoms with van der Waals surface area (Å²) in [6, 6.07) is 6.81. The molecule has 1 heterocycles. The lowest BCUT2D eigenvalue weighted by Gasteiger charge is -2.10. The van der Waals surface area contributed by atoms with Crippen LogP contribution in [0.5, 0.6) is 0 Å². The van der Waals surface area contributed by atoms with Crippen LogP contribution in [0.2, 0.25) is 0 Å². The van der Waals surface area contributed by atoms with Gasteiger partial charge in [-0.2, -0.15) is 12.4 Å². The Bertz CT molecular complexity index is 1210. The lowest BCUT2D eigenvalue weighted by atomic mass is 10.1. The van der Waals surface area contributed by atoms with E-state index < -0.39 is 26.3 Å². The van der Waals surface area contributed by atoms with Crippen molar-refractivity contribution >= 4 is 37.7 Å². The van der Waals surface area contributed by atoms with Crippen molar-refractivity contribution in [3.63, 3.8) is 0 Å². The number of nitrogens with two attached hydrogens (primary N) is 1. The van der Waals surface area contributed by atoms with Crippen LogP contribution in [0, 0.1) is 10.1 Å². The van der Waals surface area contributed by atoms with E-state index in [9.17, 15) is 28.1 Å². The van der Waals surface area contributed by atoms with E-state index in [1.807, 2.05) is 0 Å². The molecule has 10 nitrogen and oxygen atoms in total. The zero-order valence-electron chi connectivity index (χ0n) is 11.2. The van der Waals surface area contributed by atoms with Crippen LogP contribution in [-0.2, 0) is 10.2 Å². The molecule has 0 atom stereocenters. The molecule has 0 spiro atoms. The molecule has 23 heavy (non-hydrogen) atoms. The number of nitro groups is 1. The zero-order chi connectivity index (χ0) is 16.9. The maximum atomic E-state index is 11.9. The third-order valence-electron chi connectivity index (χ3n) is 3.28. The van der Waals surface area contributed by atoms with Crippen molar-refractivity contribution in [2.24, 2.45) is 5.14 Å². The van der Waals surface area contributed by atoms with Crippen molar-refractivity contribution in [3.05, 3.63) is 61.2 Å². The number of fused-ring (bicyclic) bond motifs is 3. The largest absolute Gasteiger partial charge is 0.331 e. The number of nitrogens with zero attached hydrogens (tertiary/aromatic N) is 2. The Morgan fingerprint density at radius 1 is 1.17 bits per heavy atom. The van der Waals surface area contributed by atoms with Gasteiger partial charge >= 0.3 is 21.3 Å². The molecule has 0 fully saturated rings. The highest BCUT2D eigenvalue weighted by Gasteiger charge is 2.22. The minimum Gasteiger partial charge on any atom is -0.316 e. The van der Waals surface area contributed by atoms with Gasteiger partial charge in [0.1, 0.15) is 0 Å². The molecule has 2 aromatic carbocycles. The predicted molar refractivity (Wildman–Crippen MR) is 81.5 cm³/mol.